The quantitative estimate of drug-likeness (QED) is 0.387. The van der Waals surface area contributed by atoms with Crippen molar-refractivity contribution in [1.82, 2.24) is 0 Å². The van der Waals surface area contributed by atoms with Gasteiger partial charge in [-0.2, -0.15) is 0 Å². The van der Waals surface area contributed by atoms with Crippen molar-refractivity contribution < 1.29 is 9.90 Å². The van der Waals surface area contributed by atoms with Gasteiger partial charge in [-0.1, -0.05) is 56.9 Å². The lowest BCUT2D eigenvalue weighted by Gasteiger charge is -1.96. The van der Waals surface area contributed by atoms with Crippen molar-refractivity contribution >= 4 is 5.97 Å². The van der Waals surface area contributed by atoms with Crippen LogP contribution in [0.2, 0.25) is 0 Å². The highest BCUT2D eigenvalue weighted by Crippen LogP contribution is 2.06. The van der Waals surface area contributed by atoms with Gasteiger partial charge in [0.1, 0.15) is 0 Å². The third-order valence-electron chi connectivity index (χ3n) is 2.84. The second kappa shape index (κ2) is 14.0. The van der Waals surface area contributed by atoms with Gasteiger partial charge in [0, 0.05) is 6.42 Å². The minimum atomic E-state index is -0.676. The fourth-order valence-electron chi connectivity index (χ4n) is 1.72. The molecule has 1 N–H and O–H groups in total. The van der Waals surface area contributed by atoms with Gasteiger partial charge in [0.15, 0.2) is 0 Å². The molecular formula is C16H28O2. The number of carboxylic acids is 1. The monoisotopic (exact) mass is 252 g/mol. The Labute approximate surface area is 112 Å². The van der Waals surface area contributed by atoms with E-state index in [0.29, 0.717) is 6.42 Å². The van der Waals surface area contributed by atoms with Crippen LogP contribution in [-0.4, -0.2) is 11.1 Å². The number of carbonyl (C=O) groups is 1. The molecule has 0 aromatic heterocycles. The molecule has 104 valence electrons. The van der Waals surface area contributed by atoms with E-state index in [9.17, 15) is 4.79 Å². The Kier molecular flexibility index (Phi) is 13.2. The van der Waals surface area contributed by atoms with Crippen LogP contribution in [-0.2, 0) is 4.79 Å². The molecule has 0 unspecified atom stereocenters. The van der Waals surface area contributed by atoms with Crippen LogP contribution < -0.4 is 0 Å². The zero-order valence-electron chi connectivity index (χ0n) is 11.7. The molecule has 2 heteroatoms. The largest absolute Gasteiger partial charge is 0.481 e. The summed E-state index contributed by atoms with van der Waals surface area (Å²) in [4.78, 5) is 10.3. The van der Waals surface area contributed by atoms with Crippen LogP contribution in [0.1, 0.15) is 71.1 Å². The molecule has 0 aliphatic heterocycles. The fourth-order valence-corrected chi connectivity index (χ4v) is 1.72. The van der Waals surface area contributed by atoms with E-state index in [-0.39, 0.29) is 0 Å². The molecule has 2 nitrogen and oxygen atoms in total. The highest BCUT2D eigenvalue weighted by molar-refractivity contribution is 5.66. The van der Waals surface area contributed by atoms with Crippen LogP contribution >= 0.6 is 0 Å². The number of unbranched alkanes of at least 4 members (excludes halogenated alkanes) is 6. The number of hydrogen-bond donors (Lipinski definition) is 1. The van der Waals surface area contributed by atoms with Gasteiger partial charge in [0.2, 0.25) is 0 Å². The lowest BCUT2D eigenvalue weighted by molar-refractivity contribution is -0.137. The molecule has 0 aromatic rings. The Morgan fingerprint density at radius 2 is 1.50 bits per heavy atom. The van der Waals surface area contributed by atoms with Gasteiger partial charge in [-0.15, -0.1) is 0 Å². The van der Waals surface area contributed by atoms with Crippen LogP contribution in [0.3, 0.4) is 0 Å². The molecule has 18 heavy (non-hydrogen) atoms. The summed E-state index contributed by atoms with van der Waals surface area (Å²) < 4.78 is 0. The van der Waals surface area contributed by atoms with E-state index in [2.05, 4.69) is 31.2 Å². The van der Waals surface area contributed by atoms with E-state index in [1.807, 2.05) is 0 Å². The first-order valence-electron chi connectivity index (χ1n) is 7.29. The zero-order valence-corrected chi connectivity index (χ0v) is 11.7. The molecule has 0 amide bonds. The Morgan fingerprint density at radius 3 is 2.11 bits per heavy atom. The summed E-state index contributed by atoms with van der Waals surface area (Å²) in [6.45, 7) is 2.21. The number of aliphatic carboxylic acids is 1. The molecule has 0 saturated heterocycles. The van der Waals surface area contributed by atoms with Crippen molar-refractivity contribution in [2.45, 2.75) is 71.1 Å². The minimum absolute atomic E-state index is 0.318. The highest BCUT2D eigenvalue weighted by Gasteiger charge is 1.95. The third kappa shape index (κ3) is 14.9. The van der Waals surface area contributed by atoms with Crippen molar-refractivity contribution in [3.63, 3.8) is 0 Å². The third-order valence-corrected chi connectivity index (χ3v) is 2.84. The average Bonchev–Trinajstić information content (AvgIpc) is 2.34. The van der Waals surface area contributed by atoms with Crippen LogP contribution in [0.15, 0.2) is 24.3 Å². The van der Waals surface area contributed by atoms with E-state index in [4.69, 9.17) is 5.11 Å². The van der Waals surface area contributed by atoms with E-state index in [1.54, 1.807) is 0 Å². The van der Waals surface area contributed by atoms with E-state index < -0.39 is 5.97 Å². The van der Waals surface area contributed by atoms with Crippen LogP contribution in [0, 0.1) is 0 Å². The van der Waals surface area contributed by atoms with Crippen LogP contribution in [0.4, 0.5) is 0 Å². The first-order chi connectivity index (χ1) is 8.77. The fraction of sp³-hybridized carbons (Fsp3) is 0.688. The molecular weight excluding hydrogens is 224 g/mol. The highest BCUT2D eigenvalue weighted by atomic mass is 16.4. The standard InChI is InChI=1S/C16H28O2/c1-2-3-4-5-6-7-8-9-10-11-12-13-14-15-16(17)18/h5-6,8-9H,2-4,7,10-15H2,1H3,(H,17,18)/b6-5+,9-8+. The van der Waals surface area contributed by atoms with E-state index >= 15 is 0 Å². The lowest BCUT2D eigenvalue weighted by Crippen LogP contribution is -1.93. The summed E-state index contributed by atoms with van der Waals surface area (Å²) in [5, 5.41) is 8.47. The molecule has 0 fully saturated rings. The van der Waals surface area contributed by atoms with Crippen molar-refractivity contribution in [2.24, 2.45) is 0 Å². The zero-order chi connectivity index (χ0) is 13.5. The van der Waals surface area contributed by atoms with Gasteiger partial charge in [-0.05, 0) is 32.1 Å². The molecule has 0 saturated carbocycles. The SMILES string of the molecule is CCCC/C=C/C/C=C/CCCCCCC(=O)O. The van der Waals surface area contributed by atoms with Crippen molar-refractivity contribution in [1.29, 1.82) is 0 Å². The van der Waals surface area contributed by atoms with Crippen LogP contribution in [0.25, 0.3) is 0 Å². The number of rotatable bonds is 12. The van der Waals surface area contributed by atoms with E-state index in [1.165, 1.54) is 25.7 Å². The van der Waals surface area contributed by atoms with Crippen molar-refractivity contribution in [3.05, 3.63) is 24.3 Å². The van der Waals surface area contributed by atoms with Crippen LogP contribution in [0.5, 0.6) is 0 Å². The second-order valence-corrected chi connectivity index (χ2v) is 4.67. The first kappa shape index (κ1) is 16.9. The summed E-state index contributed by atoms with van der Waals surface area (Å²) in [5.41, 5.74) is 0. The van der Waals surface area contributed by atoms with Gasteiger partial charge < -0.3 is 5.11 Å². The summed E-state index contributed by atoms with van der Waals surface area (Å²) in [7, 11) is 0. The summed E-state index contributed by atoms with van der Waals surface area (Å²) in [6.07, 6.45) is 19.4. The number of carboxylic acid groups (broad SMARTS) is 1. The summed E-state index contributed by atoms with van der Waals surface area (Å²) in [5.74, 6) is -0.676. The maximum absolute atomic E-state index is 10.3. The molecule has 0 aliphatic rings. The van der Waals surface area contributed by atoms with Gasteiger partial charge in [0.25, 0.3) is 0 Å². The molecule has 0 atom stereocenters. The van der Waals surface area contributed by atoms with E-state index in [0.717, 1.165) is 32.1 Å². The molecule has 0 aromatic carbocycles. The predicted octanol–water partition coefficient (Wildman–Crippen LogP) is 5.10. The molecule has 0 spiro atoms. The summed E-state index contributed by atoms with van der Waals surface area (Å²) >= 11 is 0. The predicted molar refractivity (Wildman–Crippen MR) is 77.8 cm³/mol. The van der Waals surface area contributed by atoms with Crippen molar-refractivity contribution in [2.75, 3.05) is 0 Å². The Hall–Kier alpha value is -1.05. The topological polar surface area (TPSA) is 37.3 Å². The van der Waals surface area contributed by atoms with Gasteiger partial charge in [0.05, 0.1) is 0 Å². The van der Waals surface area contributed by atoms with Crippen molar-refractivity contribution in [3.8, 4) is 0 Å². The average molecular weight is 252 g/mol. The molecule has 0 rings (SSSR count). The Bertz CT molecular complexity index is 241. The van der Waals surface area contributed by atoms with Gasteiger partial charge in [-0.3, -0.25) is 4.79 Å². The number of allylic oxidation sites excluding steroid dienone is 4. The minimum Gasteiger partial charge on any atom is -0.481 e. The normalized spacial score (nSPS) is 11.6. The Balaban J connectivity index is 3.18. The lowest BCUT2D eigenvalue weighted by atomic mass is 10.1. The number of hydrogen-bond acceptors (Lipinski definition) is 1. The Morgan fingerprint density at radius 1 is 0.889 bits per heavy atom. The molecule has 0 aliphatic carbocycles. The summed E-state index contributed by atoms with van der Waals surface area (Å²) in [6, 6.07) is 0. The maximum Gasteiger partial charge on any atom is 0.303 e. The molecule has 0 heterocycles. The second-order valence-electron chi connectivity index (χ2n) is 4.67. The molecule has 0 radical (unpaired) electrons. The van der Waals surface area contributed by atoms with Gasteiger partial charge in [-0.25, -0.2) is 0 Å². The maximum atomic E-state index is 10.3. The smallest absolute Gasteiger partial charge is 0.303 e. The first-order valence-corrected chi connectivity index (χ1v) is 7.29. The van der Waals surface area contributed by atoms with Gasteiger partial charge >= 0.3 is 5.97 Å². The molecule has 0 bridgehead atoms.